The van der Waals surface area contributed by atoms with Crippen molar-refractivity contribution in [2.75, 3.05) is 19.7 Å². The smallest absolute Gasteiger partial charge is 0.334 e. The number of hydrogen-bond donors (Lipinski definition) is 1. The highest BCUT2D eigenvalue weighted by Gasteiger charge is 2.13. The van der Waals surface area contributed by atoms with Gasteiger partial charge in [-0.15, -0.1) is 0 Å². The van der Waals surface area contributed by atoms with Crippen molar-refractivity contribution >= 4 is 17.8 Å². The molecular formula is C11H17NO5. The molecule has 6 nitrogen and oxygen atoms in total. The molecule has 0 fully saturated rings. The monoisotopic (exact) mass is 243 g/mol. The van der Waals surface area contributed by atoms with E-state index in [-0.39, 0.29) is 18.1 Å². The molecule has 0 unspecified atom stereocenters. The molecule has 0 aromatic carbocycles. The van der Waals surface area contributed by atoms with Crippen LogP contribution in [0.2, 0.25) is 0 Å². The lowest BCUT2D eigenvalue weighted by Gasteiger charge is -2.18. The Labute approximate surface area is 99.9 Å². The van der Waals surface area contributed by atoms with Crippen LogP contribution in [0.15, 0.2) is 11.6 Å². The molecule has 0 aromatic rings. The number of carboxylic acids is 1. The largest absolute Gasteiger partial charge is 0.478 e. The first-order valence-electron chi connectivity index (χ1n) is 5.28. The predicted octanol–water partition coefficient (Wildman–Crippen LogP) is 0.429. The molecule has 0 aromatic heterocycles. The maximum absolute atomic E-state index is 11.5. The van der Waals surface area contributed by atoms with E-state index in [1.165, 1.54) is 11.8 Å². The molecule has 0 rings (SSSR count). The third kappa shape index (κ3) is 5.70. The van der Waals surface area contributed by atoms with Gasteiger partial charge >= 0.3 is 11.9 Å². The number of carbonyl (C=O) groups is 3. The van der Waals surface area contributed by atoms with E-state index in [1.807, 2.05) is 13.8 Å². The zero-order chi connectivity index (χ0) is 13.4. The van der Waals surface area contributed by atoms with Crippen LogP contribution in [0.1, 0.15) is 20.8 Å². The van der Waals surface area contributed by atoms with Gasteiger partial charge in [0.05, 0.1) is 0 Å². The summed E-state index contributed by atoms with van der Waals surface area (Å²) >= 11 is 0. The third-order valence-corrected chi connectivity index (χ3v) is 2.10. The first-order valence-corrected chi connectivity index (χ1v) is 5.28. The molecule has 6 heteroatoms. The summed E-state index contributed by atoms with van der Waals surface area (Å²) in [5.41, 5.74) is -0.0511. The van der Waals surface area contributed by atoms with Gasteiger partial charge in [0.15, 0.2) is 6.61 Å². The maximum Gasteiger partial charge on any atom is 0.334 e. The Balaban J connectivity index is 4.25. The zero-order valence-corrected chi connectivity index (χ0v) is 10.2. The van der Waals surface area contributed by atoms with Crippen molar-refractivity contribution in [2.45, 2.75) is 20.8 Å². The number of esters is 1. The lowest BCUT2D eigenvalue weighted by Crippen LogP contribution is -2.34. The normalized spacial score (nSPS) is 10.9. The highest BCUT2D eigenvalue weighted by Crippen LogP contribution is 1.98. The second-order valence-electron chi connectivity index (χ2n) is 3.31. The number of amides is 1. The zero-order valence-electron chi connectivity index (χ0n) is 10.2. The summed E-state index contributed by atoms with van der Waals surface area (Å²) in [4.78, 5) is 34.5. The maximum atomic E-state index is 11.5. The van der Waals surface area contributed by atoms with Crippen molar-refractivity contribution in [3.05, 3.63) is 11.6 Å². The summed E-state index contributed by atoms with van der Waals surface area (Å²) in [5.74, 6) is -2.33. The molecule has 0 saturated heterocycles. The Morgan fingerprint density at radius 2 is 1.76 bits per heavy atom. The predicted molar refractivity (Wildman–Crippen MR) is 60.3 cm³/mol. The SMILES string of the molecule is CCN(CC)C(=O)COC(=O)C(C)=CC(=O)O. The number of aliphatic carboxylic acids is 1. The average Bonchev–Trinajstić information content (AvgIpc) is 2.26. The Kier molecular flexibility index (Phi) is 6.62. The Morgan fingerprint density at radius 1 is 1.24 bits per heavy atom. The Hall–Kier alpha value is -1.85. The molecule has 0 atom stereocenters. The highest BCUT2D eigenvalue weighted by molar-refractivity contribution is 5.96. The quantitative estimate of drug-likeness (QED) is 0.540. The second-order valence-corrected chi connectivity index (χ2v) is 3.31. The van der Waals surface area contributed by atoms with Crippen LogP contribution in [0.4, 0.5) is 0 Å². The number of likely N-dealkylation sites (N-methyl/N-ethyl adjacent to an activating group) is 1. The van der Waals surface area contributed by atoms with Crippen molar-refractivity contribution in [2.24, 2.45) is 0 Å². The fraction of sp³-hybridized carbons (Fsp3) is 0.545. The molecule has 1 amide bonds. The molecule has 0 radical (unpaired) electrons. The van der Waals surface area contributed by atoms with E-state index in [0.29, 0.717) is 13.1 Å². The van der Waals surface area contributed by atoms with Gasteiger partial charge in [-0.25, -0.2) is 9.59 Å². The third-order valence-electron chi connectivity index (χ3n) is 2.10. The van der Waals surface area contributed by atoms with E-state index in [4.69, 9.17) is 5.11 Å². The van der Waals surface area contributed by atoms with Gasteiger partial charge in [-0.05, 0) is 20.8 Å². The van der Waals surface area contributed by atoms with E-state index in [1.54, 1.807) is 0 Å². The van der Waals surface area contributed by atoms with E-state index in [0.717, 1.165) is 6.08 Å². The molecule has 0 heterocycles. The Morgan fingerprint density at radius 3 is 2.18 bits per heavy atom. The van der Waals surface area contributed by atoms with E-state index < -0.39 is 11.9 Å². The topological polar surface area (TPSA) is 83.9 Å². The first kappa shape index (κ1) is 15.2. The van der Waals surface area contributed by atoms with Gasteiger partial charge in [0, 0.05) is 24.7 Å². The van der Waals surface area contributed by atoms with Crippen molar-refractivity contribution in [1.29, 1.82) is 0 Å². The minimum absolute atomic E-state index is 0.0511. The fourth-order valence-electron chi connectivity index (χ4n) is 1.15. The summed E-state index contributed by atoms with van der Waals surface area (Å²) in [6.45, 7) is 5.66. The van der Waals surface area contributed by atoms with Crippen LogP contribution in [0.5, 0.6) is 0 Å². The van der Waals surface area contributed by atoms with Crippen LogP contribution in [0.3, 0.4) is 0 Å². The second kappa shape index (κ2) is 7.43. The van der Waals surface area contributed by atoms with Gasteiger partial charge < -0.3 is 14.7 Å². The molecule has 17 heavy (non-hydrogen) atoms. The summed E-state index contributed by atoms with van der Waals surface area (Å²) < 4.78 is 4.69. The lowest BCUT2D eigenvalue weighted by atomic mass is 10.3. The van der Waals surface area contributed by atoms with Gasteiger partial charge in [-0.2, -0.15) is 0 Å². The van der Waals surface area contributed by atoms with Gasteiger partial charge in [0.25, 0.3) is 5.91 Å². The number of carbonyl (C=O) groups excluding carboxylic acids is 2. The standard InChI is InChI=1S/C11H17NO5/c1-4-12(5-2)9(13)7-17-11(16)8(3)6-10(14)15/h6H,4-5,7H2,1-3H3,(H,14,15). The van der Waals surface area contributed by atoms with Crippen molar-refractivity contribution in [3.63, 3.8) is 0 Å². The highest BCUT2D eigenvalue weighted by atomic mass is 16.5. The number of nitrogens with zero attached hydrogens (tertiary/aromatic N) is 1. The van der Waals surface area contributed by atoms with Crippen LogP contribution in [-0.4, -0.2) is 47.5 Å². The van der Waals surface area contributed by atoms with Crippen molar-refractivity contribution < 1.29 is 24.2 Å². The molecule has 1 N–H and O–H groups in total. The van der Waals surface area contributed by atoms with Gasteiger partial charge in [0.1, 0.15) is 0 Å². The number of hydrogen-bond acceptors (Lipinski definition) is 4. The van der Waals surface area contributed by atoms with Crippen LogP contribution in [-0.2, 0) is 19.1 Å². The summed E-state index contributed by atoms with van der Waals surface area (Å²) in [5, 5.41) is 8.42. The summed E-state index contributed by atoms with van der Waals surface area (Å²) in [6.07, 6.45) is 0.740. The number of carboxylic acid groups (broad SMARTS) is 1. The molecule has 96 valence electrons. The lowest BCUT2D eigenvalue weighted by molar-refractivity contribution is -0.148. The molecule has 0 saturated carbocycles. The number of rotatable bonds is 6. The molecule has 0 aliphatic rings. The van der Waals surface area contributed by atoms with Gasteiger partial charge in [-0.3, -0.25) is 4.79 Å². The van der Waals surface area contributed by atoms with Gasteiger partial charge in [-0.1, -0.05) is 0 Å². The molecule has 0 aliphatic carbocycles. The average molecular weight is 243 g/mol. The van der Waals surface area contributed by atoms with E-state index in [9.17, 15) is 14.4 Å². The van der Waals surface area contributed by atoms with Crippen LogP contribution in [0, 0.1) is 0 Å². The molecule has 0 aliphatic heterocycles. The van der Waals surface area contributed by atoms with Crippen LogP contribution in [0.25, 0.3) is 0 Å². The van der Waals surface area contributed by atoms with Crippen LogP contribution >= 0.6 is 0 Å². The molecule has 0 bridgehead atoms. The Bertz CT molecular complexity index is 331. The molecular weight excluding hydrogens is 226 g/mol. The number of ether oxygens (including phenoxy) is 1. The first-order chi connectivity index (χ1) is 7.92. The van der Waals surface area contributed by atoms with Gasteiger partial charge in [0.2, 0.25) is 0 Å². The van der Waals surface area contributed by atoms with Crippen molar-refractivity contribution in [1.82, 2.24) is 4.90 Å². The van der Waals surface area contributed by atoms with E-state index >= 15 is 0 Å². The van der Waals surface area contributed by atoms with Crippen molar-refractivity contribution in [3.8, 4) is 0 Å². The fourth-order valence-corrected chi connectivity index (χ4v) is 1.15. The summed E-state index contributed by atoms with van der Waals surface area (Å²) in [7, 11) is 0. The molecule has 0 spiro atoms. The van der Waals surface area contributed by atoms with Crippen LogP contribution < -0.4 is 0 Å². The minimum Gasteiger partial charge on any atom is -0.478 e. The van der Waals surface area contributed by atoms with E-state index in [2.05, 4.69) is 4.74 Å². The summed E-state index contributed by atoms with van der Waals surface area (Å²) in [6, 6.07) is 0. The minimum atomic E-state index is -1.23.